The van der Waals surface area contributed by atoms with Crippen molar-refractivity contribution in [2.75, 3.05) is 7.05 Å². The second-order valence-electron chi connectivity index (χ2n) is 6.22. The fourth-order valence-corrected chi connectivity index (χ4v) is 3.66. The molecule has 1 aromatic carbocycles. The van der Waals surface area contributed by atoms with Crippen LogP contribution in [0.15, 0.2) is 18.2 Å². The molecular formula is C17H24F3N. The fraction of sp³-hybridized carbons (Fsp3) is 0.647. The molecule has 0 bridgehead atoms. The molecule has 0 aliphatic heterocycles. The van der Waals surface area contributed by atoms with E-state index in [1.54, 1.807) is 7.05 Å². The van der Waals surface area contributed by atoms with E-state index in [0.29, 0.717) is 12.8 Å². The molecular weight excluding hydrogens is 275 g/mol. The molecule has 1 saturated carbocycles. The molecule has 2 rings (SSSR count). The Morgan fingerprint density at radius 2 is 1.81 bits per heavy atom. The lowest BCUT2D eigenvalue weighted by Gasteiger charge is -2.38. The third-order valence-corrected chi connectivity index (χ3v) is 4.75. The lowest BCUT2D eigenvalue weighted by molar-refractivity contribution is -0.199. The number of aryl methyl sites for hydroxylation is 2. The number of hydrogen-bond donors (Lipinski definition) is 1. The molecule has 0 aromatic heterocycles. The molecule has 0 spiro atoms. The highest BCUT2D eigenvalue weighted by atomic mass is 19.4. The van der Waals surface area contributed by atoms with Crippen molar-refractivity contribution in [1.29, 1.82) is 0 Å². The molecule has 1 nitrogen and oxygen atoms in total. The molecule has 1 aliphatic rings. The molecule has 0 saturated heterocycles. The smallest absolute Gasteiger partial charge is 0.313 e. The topological polar surface area (TPSA) is 12.0 Å². The highest BCUT2D eigenvalue weighted by Crippen LogP contribution is 2.46. The van der Waals surface area contributed by atoms with Crippen LogP contribution in [-0.4, -0.2) is 13.2 Å². The number of alkyl halides is 3. The van der Waals surface area contributed by atoms with Crippen molar-refractivity contribution in [2.45, 2.75) is 51.7 Å². The van der Waals surface area contributed by atoms with Crippen molar-refractivity contribution >= 4 is 0 Å². The first kappa shape index (κ1) is 16.3. The van der Waals surface area contributed by atoms with Crippen LogP contribution in [0.25, 0.3) is 0 Å². The van der Waals surface area contributed by atoms with E-state index in [9.17, 15) is 13.2 Å². The molecule has 1 aliphatic carbocycles. The van der Waals surface area contributed by atoms with Crippen molar-refractivity contribution in [1.82, 2.24) is 5.32 Å². The maximum atomic E-state index is 13.4. The Hall–Kier alpha value is -1.03. The number of halogens is 3. The van der Waals surface area contributed by atoms with E-state index >= 15 is 0 Å². The quantitative estimate of drug-likeness (QED) is 0.834. The lowest BCUT2D eigenvalue weighted by atomic mass is 9.72. The van der Waals surface area contributed by atoms with Gasteiger partial charge in [0.2, 0.25) is 0 Å². The molecule has 1 aromatic rings. The number of hydrogen-bond acceptors (Lipinski definition) is 1. The van der Waals surface area contributed by atoms with Crippen LogP contribution in [-0.2, 0) is 0 Å². The van der Waals surface area contributed by atoms with Gasteiger partial charge in [-0.2, -0.15) is 13.2 Å². The summed E-state index contributed by atoms with van der Waals surface area (Å²) < 4.78 is 40.1. The molecule has 3 unspecified atom stereocenters. The van der Waals surface area contributed by atoms with Crippen molar-refractivity contribution in [3.8, 4) is 0 Å². The summed E-state index contributed by atoms with van der Waals surface area (Å²) in [5.41, 5.74) is 3.17. The predicted octanol–water partition coefficient (Wildman–Crippen LogP) is 4.93. The van der Waals surface area contributed by atoms with E-state index in [1.165, 1.54) is 0 Å². The van der Waals surface area contributed by atoms with E-state index in [0.717, 1.165) is 23.1 Å². The van der Waals surface area contributed by atoms with E-state index in [4.69, 9.17) is 0 Å². The van der Waals surface area contributed by atoms with Crippen molar-refractivity contribution in [3.05, 3.63) is 34.9 Å². The summed E-state index contributed by atoms with van der Waals surface area (Å²) in [7, 11) is 1.77. The van der Waals surface area contributed by atoms with Gasteiger partial charge in [0, 0.05) is 6.04 Å². The molecule has 118 valence electrons. The average molecular weight is 299 g/mol. The summed E-state index contributed by atoms with van der Waals surface area (Å²) in [6.07, 6.45) is -1.62. The summed E-state index contributed by atoms with van der Waals surface area (Å²) >= 11 is 0. The molecule has 0 radical (unpaired) electrons. The third kappa shape index (κ3) is 3.60. The van der Waals surface area contributed by atoms with Crippen LogP contribution in [0.3, 0.4) is 0 Å². The summed E-state index contributed by atoms with van der Waals surface area (Å²) in [5, 5.41) is 3.16. The zero-order valence-corrected chi connectivity index (χ0v) is 12.9. The van der Waals surface area contributed by atoms with E-state index in [1.807, 2.05) is 32.0 Å². The first-order valence-electron chi connectivity index (χ1n) is 7.65. The second-order valence-corrected chi connectivity index (χ2v) is 6.22. The first-order chi connectivity index (χ1) is 9.84. The Labute approximate surface area is 124 Å². The fourth-order valence-electron chi connectivity index (χ4n) is 3.66. The maximum Gasteiger partial charge on any atom is 0.392 e. The van der Waals surface area contributed by atoms with Gasteiger partial charge in [-0.25, -0.2) is 0 Å². The second kappa shape index (κ2) is 6.39. The van der Waals surface area contributed by atoms with Gasteiger partial charge in [-0.1, -0.05) is 36.6 Å². The Morgan fingerprint density at radius 1 is 1.14 bits per heavy atom. The van der Waals surface area contributed by atoms with Crippen molar-refractivity contribution < 1.29 is 13.2 Å². The van der Waals surface area contributed by atoms with Crippen molar-refractivity contribution in [2.24, 2.45) is 11.8 Å². The lowest BCUT2D eigenvalue weighted by Crippen LogP contribution is -2.40. The highest BCUT2D eigenvalue weighted by Gasteiger charge is 2.48. The summed E-state index contributed by atoms with van der Waals surface area (Å²) in [4.78, 5) is 0. The van der Waals surface area contributed by atoms with Gasteiger partial charge >= 0.3 is 6.18 Å². The molecule has 1 N–H and O–H groups in total. The number of benzene rings is 1. The van der Waals surface area contributed by atoms with Crippen LogP contribution in [0.1, 0.15) is 48.4 Å². The van der Waals surface area contributed by atoms with Gasteiger partial charge in [0.25, 0.3) is 0 Å². The SMILES string of the molecule is CNC(c1cc(C)ccc1C)C1CCCCC1C(F)(F)F. The zero-order valence-electron chi connectivity index (χ0n) is 12.9. The molecule has 3 atom stereocenters. The third-order valence-electron chi connectivity index (χ3n) is 4.75. The van der Waals surface area contributed by atoms with E-state index in [-0.39, 0.29) is 18.4 Å². The standard InChI is InChI=1S/C17H24F3N/c1-11-8-9-12(2)14(10-11)16(21-3)13-6-4-5-7-15(13)17(18,19)20/h8-10,13,15-16,21H,4-7H2,1-3H3. The van der Waals surface area contributed by atoms with Crippen molar-refractivity contribution in [3.63, 3.8) is 0 Å². The van der Waals surface area contributed by atoms with Crippen LogP contribution in [0.2, 0.25) is 0 Å². The van der Waals surface area contributed by atoms with Gasteiger partial charge in [-0.05, 0) is 50.8 Å². The first-order valence-corrected chi connectivity index (χ1v) is 7.65. The number of rotatable bonds is 3. The van der Waals surface area contributed by atoms with Gasteiger partial charge in [-0.15, -0.1) is 0 Å². The van der Waals surface area contributed by atoms with Crippen LogP contribution in [0.4, 0.5) is 13.2 Å². The monoisotopic (exact) mass is 299 g/mol. The minimum absolute atomic E-state index is 0.225. The van der Waals surface area contributed by atoms with E-state index < -0.39 is 12.1 Å². The van der Waals surface area contributed by atoms with Gasteiger partial charge in [-0.3, -0.25) is 0 Å². The van der Waals surface area contributed by atoms with Gasteiger partial charge < -0.3 is 5.32 Å². The Kier molecular flexibility index (Phi) is 4.97. The predicted molar refractivity (Wildman–Crippen MR) is 79.2 cm³/mol. The summed E-state index contributed by atoms with van der Waals surface area (Å²) in [6, 6.07) is 5.81. The van der Waals surface area contributed by atoms with Gasteiger partial charge in [0.15, 0.2) is 0 Å². The Balaban J connectivity index is 2.36. The minimum Gasteiger partial charge on any atom is -0.313 e. The van der Waals surface area contributed by atoms with Gasteiger partial charge in [0.05, 0.1) is 5.92 Å². The van der Waals surface area contributed by atoms with E-state index in [2.05, 4.69) is 5.32 Å². The molecule has 0 amide bonds. The van der Waals surface area contributed by atoms with Crippen LogP contribution in [0, 0.1) is 25.7 Å². The maximum absolute atomic E-state index is 13.4. The van der Waals surface area contributed by atoms with Crippen LogP contribution in [0.5, 0.6) is 0 Å². The highest BCUT2D eigenvalue weighted by molar-refractivity contribution is 5.33. The summed E-state index contributed by atoms with van der Waals surface area (Å²) in [5.74, 6) is -1.56. The molecule has 4 heteroatoms. The largest absolute Gasteiger partial charge is 0.392 e. The molecule has 21 heavy (non-hydrogen) atoms. The molecule has 0 heterocycles. The van der Waals surface area contributed by atoms with Crippen LogP contribution < -0.4 is 5.32 Å². The molecule has 1 fully saturated rings. The summed E-state index contributed by atoms with van der Waals surface area (Å²) in [6.45, 7) is 3.96. The zero-order chi connectivity index (χ0) is 15.6. The number of nitrogens with one attached hydrogen (secondary N) is 1. The van der Waals surface area contributed by atoms with Gasteiger partial charge in [0.1, 0.15) is 0 Å². The minimum atomic E-state index is -4.10. The average Bonchev–Trinajstić information content (AvgIpc) is 2.43. The normalized spacial score (nSPS) is 24.9. The Bertz CT molecular complexity index is 481. The van der Waals surface area contributed by atoms with Crippen LogP contribution >= 0.6 is 0 Å². The Morgan fingerprint density at radius 3 is 2.43 bits per heavy atom.